The lowest BCUT2D eigenvalue weighted by atomic mass is 10.2. The number of sulfonamides is 1. The molecule has 0 radical (unpaired) electrons. The first kappa shape index (κ1) is 21.5. The molecule has 0 amide bonds. The van der Waals surface area contributed by atoms with Crippen molar-refractivity contribution >= 4 is 33.3 Å². The van der Waals surface area contributed by atoms with E-state index in [0.717, 1.165) is 22.8 Å². The van der Waals surface area contributed by atoms with Crippen molar-refractivity contribution in [3.8, 4) is 5.69 Å². The number of aromatic nitrogens is 4. The summed E-state index contributed by atoms with van der Waals surface area (Å²) in [5, 5.41) is 16.2. The average Bonchev–Trinajstić information content (AvgIpc) is 3.03. The molecule has 164 valence electrons. The largest absolute Gasteiger partial charge is 0.324 e. The number of aryl methyl sites for hydroxylation is 2. The van der Waals surface area contributed by atoms with E-state index in [1.807, 2.05) is 49.7 Å². The van der Waals surface area contributed by atoms with Gasteiger partial charge in [-0.1, -0.05) is 23.8 Å². The van der Waals surface area contributed by atoms with Crippen LogP contribution >= 0.6 is 0 Å². The number of primary sulfonamides is 1. The molecule has 4 N–H and O–H groups in total. The van der Waals surface area contributed by atoms with E-state index in [1.165, 1.54) is 17.7 Å². The van der Waals surface area contributed by atoms with Crippen molar-refractivity contribution in [2.45, 2.75) is 25.7 Å². The zero-order chi connectivity index (χ0) is 22.9. The quantitative estimate of drug-likeness (QED) is 0.409. The zero-order valence-corrected chi connectivity index (χ0v) is 18.7. The maximum absolute atomic E-state index is 11.6. The first-order chi connectivity index (χ1) is 15.2. The molecule has 4 aromatic rings. The van der Waals surface area contributed by atoms with Crippen LogP contribution in [0.4, 0.5) is 23.3 Å². The maximum atomic E-state index is 11.6. The molecule has 0 unspecified atom stereocenters. The van der Waals surface area contributed by atoms with Crippen LogP contribution in [0.5, 0.6) is 0 Å². The van der Waals surface area contributed by atoms with E-state index in [1.54, 1.807) is 24.4 Å². The van der Waals surface area contributed by atoms with Crippen molar-refractivity contribution in [1.29, 1.82) is 0 Å². The number of hydrogen-bond acceptors (Lipinski definition) is 7. The van der Waals surface area contributed by atoms with Crippen molar-refractivity contribution < 1.29 is 8.42 Å². The number of nitrogens with two attached hydrogens (primary N) is 1. The smallest absolute Gasteiger partial charge is 0.238 e. The van der Waals surface area contributed by atoms with Crippen molar-refractivity contribution in [1.82, 2.24) is 19.7 Å². The molecule has 32 heavy (non-hydrogen) atoms. The first-order valence-electron chi connectivity index (χ1n) is 9.84. The minimum atomic E-state index is -3.81. The molecule has 9 nitrogen and oxygen atoms in total. The second-order valence-electron chi connectivity index (χ2n) is 7.39. The summed E-state index contributed by atoms with van der Waals surface area (Å²) in [6.07, 6.45) is 1.61. The van der Waals surface area contributed by atoms with E-state index in [4.69, 9.17) is 5.14 Å². The molecular weight excluding hydrogens is 426 g/mol. The lowest BCUT2D eigenvalue weighted by Gasteiger charge is -2.12. The molecule has 0 aliphatic rings. The van der Waals surface area contributed by atoms with Crippen LogP contribution in [0.15, 0.2) is 65.7 Å². The second kappa shape index (κ2) is 8.40. The molecule has 2 heterocycles. The van der Waals surface area contributed by atoms with Gasteiger partial charge in [-0.3, -0.25) is 0 Å². The van der Waals surface area contributed by atoms with Gasteiger partial charge in [-0.05, 0) is 57.2 Å². The van der Waals surface area contributed by atoms with Gasteiger partial charge in [-0.2, -0.15) is 10.1 Å². The Balaban J connectivity index is 1.62. The molecule has 0 fully saturated rings. The number of benzene rings is 2. The Bertz CT molecular complexity index is 1380. The highest BCUT2D eigenvalue weighted by Gasteiger charge is 2.14. The molecule has 0 bridgehead atoms. The number of hydrogen-bond donors (Lipinski definition) is 3. The number of rotatable bonds is 6. The highest BCUT2D eigenvalue weighted by molar-refractivity contribution is 7.89. The molecule has 0 spiro atoms. The van der Waals surface area contributed by atoms with Gasteiger partial charge in [0.25, 0.3) is 0 Å². The van der Waals surface area contributed by atoms with Gasteiger partial charge in [0.1, 0.15) is 11.6 Å². The lowest BCUT2D eigenvalue weighted by molar-refractivity contribution is 0.598. The van der Waals surface area contributed by atoms with Crippen LogP contribution in [0.3, 0.4) is 0 Å². The highest BCUT2D eigenvalue weighted by Crippen LogP contribution is 2.26. The van der Waals surface area contributed by atoms with Gasteiger partial charge in [-0.25, -0.2) is 23.2 Å². The standard InChI is InChI=1S/C22H23N7O2S/c1-14-7-9-18(10-8-14)29-21(15(2)16(3)28-29)26-20-11-12-24-22(27-20)25-17-5-4-6-19(13-17)32(23,30)31/h4-13H,1-3H3,(H2,23,30,31)(H2,24,25,26,27). The predicted octanol–water partition coefficient (Wildman–Crippen LogP) is 3.72. The highest BCUT2D eigenvalue weighted by atomic mass is 32.2. The third kappa shape index (κ3) is 4.61. The van der Waals surface area contributed by atoms with Crippen LogP contribution in [-0.2, 0) is 10.0 Å². The fourth-order valence-electron chi connectivity index (χ4n) is 3.11. The molecule has 0 atom stereocenters. The third-order valence-electron chi connectivity index (χ3n) is 4.96. The van der Waals surface area contributed by atoms with E-state index in [0.29, 0.717) is 17.5 Å². The van der Waals surface area contributed by atoms with Crippen molar-refractivity contribution in [3.63, 3.8) is 0 Å². The second-order valence-corrected chi connectivity index (χ2v) is 8.96. The predicted molar refractivity (Wildman–Crippen MR) is 124 cm³/mol. The average molecular weight is 450 g/mol. The Morgan fingerprint density at radius 2 is 1.72 bits per heavy atom. The van der Waals surface area contributed by atoms with Crippen molar-refractivity contribution in [2.75, 3.05) is 10.6 Å². The SMILES string of the molecule is Cc1ccc(-n2nc(C)c(C)c2Nc2ccnc(Nc3cccc(S(N)(=O)=O)c3)n2)cc1. The first-order valence-corrected chi connectivity index (χ1v) is 11.4. The third-order valence-corrected chi connectivity index (χ3v) is 5.87. The Labute approximate surface area is 186 Å². The number of nitrogens with zero attached hydrogens (tertiary/aromatic N) is 4. The van der Waals surface area contributed by atoms with Crippen LogP contribution in [0.25, 0.3) is 5.69 Å². The molecule has 0 saturated carbocycles. The molecular formula is C22H23N7O2S. The van der Waals surface area contributed by atoms with Gasteiger partial charge in [-0.15, -0.1) is 0 Å². The molecule has 0 aliphatic carbocycles. The topological polar surface area (TPSA) is 128 Å². The van der Waals surface area contributed by atoms with Gasteiger partial charge in [0.05, 0.1) is 16.3 Å². The number of nitrogens with one attached hydrogen (secondary N) is 2. The summed E-state index contributed by atoms with van der Waals surface area (Å²) >= 11 is 0. The monoisotopic (exact) mass is 449 g/mol. The molecule has 4 rings (SSSR count). The minimum Gasteiger partial charge on any atom is -0.324 e. The van der Waals surface area contributed by atoms with Crippen LogP contribution in [0.1, 0.15) is 16.8 Å². The Kier molecular flexibility index (Phi) is 5.64. The van der Waals surface area contributed by atoms with E-state index in [9.17, 15) is 8.42 Å². The summed E-state index contributed by atoms with van der Waals surface area (Å²) < 4.78 is 25.0. The van der Waals surface area contributed by atoms with Gasteiger partial charge >= 0.3 is 0 Å². The summed E-state index contributed by atoms with van der Waals surface area (Å²) in [6.45, 7) is 5.99. The Hall–Kier alpha value is -3.76. The lowest BCUT2D eigenvalue weighted by Crippen LogP contribution is -2.12. The van der Waals surface area contributed by atoms with Crippen molar-refractivity contribution in [2.24, 2.45) is 5.14 Å². The van der Waals surface area contributed by atoms with Crippen LogP contribution < -0.4 is 15.8 Å². The fourth-order valence-corrected chi connectivity index (χ4v) is 3.67. The van der Waals surface area contributed by atoms with Gasteiger partial charge in [0.2, 0.25) is 16.0 Å². The summed E-state index contributed by atoms with van der Waals surface area (Å²) in [6, 6.07) is 16.0. The fraction of sp³-hybridized carbons (Fsp3) is 0.136. The van der Waals surface area contributed by atoms with E-state index in [2.05, 4.69) is 25.7 Å². The maximum Gasteiger partial charge on any atom is 0.238 e. The summed E-state index contributed by atoms with van der Waals surface area (Å²) in [7, 11) is -3.81. The van der Waals surface area contributed by atoms with Crippen LogP contribution in [-0.4, -0.2) is 28.2 Å². The van der Waals surface area contributed by atoms with E-state index >= 15 is 0 Å². The van der Waals surface area contributed by atoms with Gasteiger partial charge < -0.3 is 10.6 Å². The molecule has 0 saturated heterocycles. The normalized spacial score (nSPS) is 11.4. The summed E-state index contributed by atoms with van der Waals surface area (Å²) in [5.41, 5.74) is 4.51. The summed E-state index contributed by atoms with van der Waals surface area (Å²) in [4.78, 5) is 8.72. The van der Waals surface area contributed by atoms with E-state index in [-0.39, 0.29) is 4.90 Å². The van der Waals surface area contributed by atoms with Crippen molar-refractivity contribution in [3.05, 3.63) is 77.6 Å². The van der Waals surface area contributed by atoms with Gasteiger partial charge in [0.15, 0.2) is 0 Å². The van der Waals surface area contributed by atoms with Gasteiger partial charge in [0, 0.05) is 17.4 Å². The molecule has 2 aromatic carbocycles. The molecule has 2 aromatic heterocycles. The Morgan fingerprint density at radius 3 is 2.44 bits per heavy atom. The zero-order valence-electron chi connectivity index (χ0n) is 17.9. The van der Waals surface area contributed by atoms with Crippen LogP contribution in [0.2, 0.25) is 0 Å². The Morgan fingerprint density at radius 1 is 0.969 bits per heavy atom. The number of anilines is 4. The van der Waals surface area contributed by atoms with Crippen LogP contribution in [0, 0.1) is 20.8 Å². The molecule has 0 aliphatic heterocycles. The minimum absolute atomic E-state index is 0.00452. The summed E-state index contributed by atoms with van der Waals surface area (Å²) in [5.74, 6) is 1.66. The van der Waals surface area contributed by atoms with E-state index < -0.39 is 10.0 Å². The molecule has 10 heteroatoms.